The van der Waals surface area contributed by atoms with Gasteiger partial charge in [0, 0.05) is 37.5 Å². The van der Waals surface area contributed by atoms with Crippen molar-refractivity contribution >= 4 is 27.6 Å². The fourth-order valence-electron chi connectivity index (χ4n) is 2.83. The highest BCUT2D eigenvalue weighted by atomic mass is 127. The molecule has 0 saturated carbocycles. The maximum atomic E-state index is 2.28. The summed E-state index contributed by atoms with van der Waals surface area (Å²) in [6.07, 6.45) is 12.2. The van der Waals surface area contributed by atoms with Gasteiger partial charge in [0.1, 0.15) is 11.7 Å². The molecule has 0 bridgehead atoms. The Morgan fingerprint density at radius 1 is 1.08 bits per heavy atom. The number of nitrogens with zero attached hydrogens (tertiary/aromatic N) is 3. The number of para-hydroxylation sites is 1. The lowest BCUT2D eigenvalue weighted by Gasteiger charge is -2.25. The first-order valence-electron chi connectivity index (χ1n) is 8.44. The van der Waals surface area contributed by atoms with Gasteiger partial charge in [-0.2, -0.15) is 4.57 Å². The van der Waals surface area contributed by atoms with Crippen LogP contribution in [0, 0.1) is 0 Å². The van der Waals surface area contributed by atoms with Crippen molar-refractivity contribution in [2.24, 2.45) is 7.05 Å². The number of aromatic nitrogens is 1. The quantitative estimate of drug-likeness (QED) is 0.212. The summed E-state index contributed by atoms with van der Waals surface area (Å²) < 4.78 is 4.62. The molecule has 1 aromatic heterocycles. The van der Waals surface area contributed by atoms with Gasteiger partial charge in [-0.25, -0.2) is 0 Å². The number of aryl methyl sites for hydroxylation is 1. The Balaban J connectivity index is 0.00000169. The summed E-state index contributed by atoms with van der Waals surface area (Å²) in [5.41, 5.74) is 2.54. The molecule has 0 amide bonds. The van der Waals surface area contributed by atoms with E-state index in [1.165, 1.54) is 33.8 Å². The van der Waals surface area contributed by atoms with Crippen molar-refractivity contribution in [2.75, 3.05) is 34.2 Å². The highest BCUT2D eigenvalue weighted by Crippen LogP contribution is 2.22. The summed E-state index contributed by atoms with van der Waals surface area (Å²) in [5, 5.41) is 1.28. The van der Waals surface area contributed by atoms with Crippen molar-refractivity contribution in [3.05, 3.63) is 59.4 Å². The molecular formula is C20H27I2N3S. The van der Waals surface area contributed by atoms with E-state index >= 15 is 0 Å². The first-order valence-corrected chi connectivity index (χ1v) is 9.26. The number of hydrogen-bond donors (Lipinski definition) is 0. The smallest absolute Gasteiger partial charge is 0.263 e. The topological polar surface area (TPSA) is 7.12 Å². The molecule has 1 aliphatic heterocycles. The van der Waals surface area contributed by atoms with Gasteiger partial charge in [0.15, 0.2) is 0 Å². The molecule has 3 rings (SSSR count). The standard InChI is InChI=1S/C20H27N3S.2HI/c1-21-18-8-5-6-9-19(18)24-20(21)16-17-10-13-22(14-11-17)12-7-15-23(2,3)4;;/h5-6,8-11,13-14,16H,7,12,15H2,1-4H3;2*1H/q+2;;/p-2. The van der Waals surface area contributed by atoms with Crippen molar-refractivity contribution in [1.82, 2.24) is 4.90 Å². The van der Waals surface area contributed by atoms with Gasteiger partial charge < -0.3 is 57.3 Å². The molecule has 142 valence electrons. The summed E-state index contributed by atoms with van der Waals surface area (Å²) >= 11 is 1.84. The molecule has 0 atom stereocenters. The molecule has 2 heterocycles. The molecule has 1 aromatic carbocycles. The Hall–Kier alpha value is -0.450. The van der Waals surface area contributed by atoms with Gasteiger partial charge in [-0.15, -0.1) is 0 Å². The second-order valence-corrected chi connectivity index (χ2v) is 8.41. The maximum absolute atomic E-state index is 2.28. The Kier molecular flexibility index (Phi) is 9.25. The molecule has 6 heteroatoms. The van der Waals surface area contributed by atoms with E-state index < -0.39 is 0 Å². The van der Waals surface area contributed by atoms with E-state index in [1.54, 1.807) is 0 Å². The van der Waals surface area contributed by atoms with Crippen molar-refractivity contribution in [3.8, 4) is 0 Å². The van der Waals surface area contributed by atoms with Crippen LogP contribution in [-0.4, -0.2) is 43.6 Å². The van der Waals surface area contributed by atoms with E-state index in [9.17, 15) is 0 Å². The lowest BCUT2D eigenvalue weighted by Crippen LogP contribution is -3.00. The van der Waals surface area contributed by atoms with Gasteiger partial charge in [0.05, 0.1) is 27.7 Å². The molecular weight excluding hydrogens is 568 g/mol. The minimum atomic E-state index is 0. The van der Waals surface area contributed by atoms with E-state index in [0.29, 0.717) is 0 Å². The lowest BCUT2D eigenvalue weighted by atomic mass is 10.2. The zero-order chi connectivity index (χ0) is 17.2. The van der Waals surface area contributed by atoms with Crippen molar-refractivity contribution in [2.45, 2.75) is 6.42 Å². The first kappa shape index (κ1) is 23.6. The predicted octanol–water partition coefficient (Wildman–Crippen LogP) is -2.44. The Morgan fingerprint density at radius 3 is 2.35 bits per heavy atom. The molecule has 0 aliphatic carbocycles. The average molecular weight is 595 g/mol. The van der Waals surface area contributed by atoms with Crippen molar-refractivity contribution < 1.29 is 57.0 Å². The first-order chi connectivity index (χ1) is 11.4. The number of allylic oxidation sites excluding steroid dienone is 3. The Morgan fingerprint density at radius 2 is 1.73 bits per heavy atom. The minimum Gasteiger partial charge on any atom is -1.00 e. The van der Waals surface area contributed by atoms with Crippen molar-refractivity contribution in [3.63, 3.8) is 0 Å². The molecule has 0 N–H and O–H groups in total. The number of hydrogen-bond acceptors (Lipinski definition) is 2. The van der Waals surface area contributed by atoms with Crippen LogP contribution in [0.3, 0.4) is 0 Å². The molecule has 26 heavy (non-hydrogen) atoms. The van der Waals surface area contributed by atoms with Crippen LogP contribution in [0.15, 0.2) is 54.4 Å². The number of fused-ring (bicyclic) bond motifs is 1. The Labute approximate surface area is 195 Å². The van der Waals surface area contributed by atoms with Crippen LogP contribution in [-0.2, 0) is 7.05 Å². The average Bonchev–Trinajstić information content (AvgIpc) is 2.85. The molecule has 0 saturated heterocycles. The van der Waals surface area contributed by atoms with Crippen molar-refractivity contribution in [1.29, 1.82) is 0 Å². The molecule has 0 radical (unpaired) electrons. The summed E-state index contributed by atoms with van der Waals surface area (Å²) in [6, 6.07) is 8.56. The number of benzene rings is 1. The summed E-state index contributed by atoms with van der Waals surface area (Å²) in [5.74, 6) is 0. The van der Waals surface area contributed by atoms with Crippen LogP contribution in [0.2, 0.25) is 0 Å². The van der Waals surface area contributed by atoms with Gasteiger partial charge >= 0.3 is 0 Å². The van der Waals surface area contributed by atoms with E-state index in [-0.39, 0.29) is 48.0 Å². The largest absolute Gasteiger partial charge is 1.00 e. The molecule has 3 nitrogen and oxygen atoms in total. The third-order valence-corrected chi connectivity index (χ3v) is 5.39. The summed E-state index contributed by atoms with van der Waals surface area (Å²) in [4.78, 5) is 2.28. The van der Waals surface area contributed by atoms with Gasteiger partial charge in [0.2, 0.25) is 5.52 Å². The van der Waals surface area contributed by atoms with Gasteiger partial charge in [-0.1, -0.05) is 23.5 Å². The lowest BCUT2D eigenvalue weighted by molar-refractivity contribution is -0.870. The fourth-order valence-corrected chi connectivity index (χ4v) is 3.94. The number of quaternary nitrogens is 1. The highest BCUT2D eigenvalue weighted by molar-refractivity contribution is 7.18. The number of rotatable bonds is 5. The number of thiazole rings is 1. The van der Waals surface area contributed by atoms with E-state index in [2.05, 4.69) is 92.6 Å². The molecule has 0 unspecified atom stereocenters. The SMILES string of the molecule is C[n+]1c(C=C2C=CN(CCC[N+](C)(C)C)C=C2)sc2ccccc21.[I-].[I-]. The number of halogens is 2. The second-order valence-electron chi connectivity index (χ2n) is 7.35. The second kappa shape index (κ2) is 10.2. The normalized spacial score (nSPS) is 13.5. The zero-order valence-electron chi connectivity index (χ0n) is 15.8. The predicted molar refractivity (Wildman–Crippen MR) is 103 cm³/mol. The molecule has 0 spiro atoms. The molecule has 2 aromatic rings. The van der Waals surface area contributed by atoms with Crippen LogP contribution in [0.1, 0.15) is 11.4 Å². The summed E-state index contributed by atoms with van der Waals surface area (Å²) in [7, 11) is 8.87. The molecule has 0 fully saturated rings. The maximum Gasteiger partial charge on any atom is 0.263 e. The van der Waals surface area contributed by atoms with Crippen LogP contribution in [0.4, 0.5) is 0 Å². The summed E-state index contributed by atoms with van der Waals surface area (Å²) in [6.45, 7) is 2.27. The zero-order valence-corrected chi connectivity index (χ0v) is 21.0. The third kappa shape index (κ3) is 6.31. The molecule has 1 aliphatic rings. The highest BCUT2D eigenvalue weighted by Gasteiger charge is 2.15. The van der Waals surface area contributed by atoms with Crippen LogP contribution < -0.4 is 52.5 Å². The van der Waals surface area contributed by atoms with Crippen LogP contribution in [0.25, 0.3) is 16.3 Å². The van der Waals surface area contributed by atoms with Gasteiger partial charge in [-0.3, -0.25) is 0 Å². The van der Waals surface area contributed by atoms with Crippen LogP contribution >= 0.6 is 11.3 Å². The minimum absolute atomic E-state index is 0. The van der Waals surface area contributed by atoms with Gasteiger partial charge in [-0.05, 0) is 23.8 Å². The van der Waals surface area contributed by atoms with E-state index in [0.717, 1.165) is 11.0 Å². The van der Waals surface area contributed by atoms with E-state index in [1.807, 2.05) is 11.3 Å². The van der Waals surface area contributed by atoms with Crippen LogP contribution in [0.5, 0.6) is 0 Å². The Bertz CT molecular complexity index is 800. The fraction of sp³-hybridized carbons (Fsp3) is 0.350. The third-order valence-electron chi connectivity index (χ3n) is 4.22. The van der Waals surface area contributed by atoms with E-state index in [4.69, 9.17) is 0 Å². The van der Waals surface area contributed by atoms with Gasteiger partial charge in [0.25, 0.3) is 5.01 Å². The monoisotopic (exact) mass is 595 g/mol.